The molecule has 0 unspecified atom stereocenters. The number of hydrogen-bond donors (Lipinski definition) is 0. The molecule has 0 saturated carbocycles. The van der Waals surface area contributed by atoms with Crippen molar-refractivity contribution in [3.63, 3.8) is 0 Å². The Morgan fingerprint density at radius 2 is 1.70 bits per heavy atom. The number of nitrogens with zero attached hydrogens (tertiary/aromatic N) is 2. The SMILES string of the molecule is O=C(c1ccc(F)cc1)N1C[C@@H]2C[C@H](C1)c1ccc(-c3cccc(C(F)(F)F)c3)c(=O)n1C2. The molecule has 5 rings (SSSR count). The van der Waals surface area contributed by atoms with E-state index in [2.05, 4.69) is 0 Å². The molecule has 0 aliphatic carbocycles. The molecule has 2 aliphatic heterocycles. The Hall–Kier alpha value is -3.42. The summed E-state index contributed by atoms with van der Waals surface area (Å²) in [5.41, 5.74) is 0.532. The van der Waals surface area contributed by atoms with Crippen molar-refractivity contribution in [1.29, 1.82) is 0 Å². The number of likely N-dealkylation sites (tertiary alicyclic amines) is 1. The number of hydrogen-bond acceptors (Lipinski definition) is 2. The van der Waals surface area contributed by atoms with Gasteiger partial charge in [-0.3, -0.25) is 9.59 Å². The van der Waals surface area contributed by atoms with E-state index in [4.69, 9.17) is 0 Å². The summed E-state index contributed by atoms with van der Waals surface area (Å²) in [5.74, 6) is -0.590. The van der Waals surface area contributed by atoms with Crippen molar-refractivity contribution in [3.05, 3.63) is 93.7 Å². The molecule has 3 heterocycles. The smallest absolute Gasteiger partial charge is 0.338 e. The van der Waals surface area contributed by atoms with Crippen molar-refractivity contribution >= 4 is 5.91 Å². The number of halogens is 4. The summed E-state index contributed by atoms with van der Waals surface area (Å²) in [5, 5.41) is 0. The standard InChI is InChI=1S/C25H20F4N2O2/c26-20-6-4-16(5-7-20)23(32)30-12-15-10-18(14-30)22-9-8-21(24(33)31(22)13-15)17-2-1-3-19(11-17)25(27,28)29/h1-9,11,15,18H,10,12-14H2/t15-,18+/m0/s1. The molecule has 2 bridgehead atoms. The minimum absolute atomic E-state index is 0.0508. The fraction of sp³-hybridized carbons (Fsp3) is 0.280. The van der Waals surface area contributed by atoms with E-state index in [1.807, 2.05) is 0 Å². The second kappa shape index (κ2) is 7.86. The van der Waals surface area contributed by atoms with E-state index in [-0.39, 0.29) is 34.4 Å². The van der Waals surface area contributed by atoms with Gasteiger partial charge in [0.15, 0.2) is 0 Å². The zero-order valence-electron chi connectivity index (χ0n) is 17.5. The topological polar surface area (TPSA) is 42.3 Å². The summed E-state index contributed by atoms with van der Waals surface area (Å²) in [4.78, 5) is 27.9. The number of carbonyl (C=O) groups excluding carboxylic acids is 1. The van der Waals surface area contributed by atoms with Crippen molar-refractivity contribution in [2.75, 3.05) is 13.1 Å². The van der Waals surface area contributed by atoms with E-state index >= 15 is 0 Å². The van der Waals surface area contributed by atoms with E-state index in [9.17, 15) is 27.2 Å². The van der Waals surface area contributed by atoms with Crippen LogP contribution in [0.3, 0.4) is 0 Å². The Kier molecular flexibility index (Phi) is 5.11. The molecule has 2 atom stereocenters. The lowest BCUT2D eigenvalue weighted by Gasteiger charge is -2.43. The third-order valence-electron chi connectivity index (χ3n) is 6.48. The van der Waals surface area contributed by atoms with Gasteiger partial charge < -0.3 is 9.47 Å². The molecule has 2 aliphatic rings. The number of pyridine rings is 1. The fourth-order valence-corrected chi connectivity index (χ4v) is 4.97. The Labute approximate surface area is 187 Å². The predicted molar refractivity (Wildman–Crippen MR) is 114 cm³/mol. The second-order valence-corrected chi connectivity index (χ2v) is 8.68. The highest BCUT2D eigenvalue weighted by molar-refractivity contribution is 5.94. The first-order valence-electron chi connectivity index (χ1n) is 10.7. The van der Waals surface area contributed by atoms with Crippen LogP contribution in [-0.4, -0.2) is 28.5 Å². The molecule has 170 valence electrons. The van der Waals surface area contributed by atoms with Gasteiger partial charge in [0.1, 0.15) is 5.82 Å². The molecule has 0 radical (unpaired) electrons. The zero-order valence-corrected chi connectivity index (χ0v) is 17.5. The molecule has 2 aromatic carbocycles. The van der Waals surface area contributed by atoms with Crippen LogP contribution < -0.4 is 5.56 Å². The molecule has 1 amide bonds. The van der Waals surface area contributed by atoms with Gasteiger partial charge in [-0.25, -0.2) is 4.39 Å². The molecule has 1 aromatic heterocycles. The molecule has 0 N–H and O–H groups in total. The first kappa shape index (κ1) is 21.4. The highest BCUT2D eigenvalue weighted by Gasteiger charge is 2.37. The van der Waals surface area contributed by atoms with Crippen LogP contribution in [0.4, 0.5) is 17.6 Å². The average Bonchev–Trinajstić information content (AvgIpc) is 2.79. The van der Waals surface area contributed by atoms with Crippen molar-refractivity contribution < 1.29 is 22.4 Å². The van der Waals surface area contributed by atoms with E-state index in [1.54, 1.807) is 21.6 Å². The predicted octanol–water partition coefficient (Wildman–Crippen LogP) is 4.93. The van der Waals surface area contributed by atoms with Gasteiger partial charge in [-0.1, -0.05) is 12.1 Å². The maximum absolute atomic E-state index is 13.2. The molecule has 8 heteroatoms. The normalized spacial score (nSPS) is 19.8. The maximum atomic E-state index is 13.2. The summed E-state index contributed by atoms with van der Waals surface area (Å²) in [6.07, 6.45) is -3.66. The summed E-state index contributed by atoms with van der Waals surface area (Å²) in [6, 6.07) is 13.6. The number of rotatable bonds is 2. The fourth-order valence-electron chi connectivity index (χ4n) is 4.97. The van der Waals surface area contributed by atoms with Gasteiger partial charge >= 0.3 is 6.18 Å². The highest BCUT2D eigenvalue weighted by atomic mass is 19.4. The lowest BCUT2D eigenvalue weighted by molar-refractivity contribution is -0.137. The lowest BCUT2D eigenvalue weighted by atomic mass is 9.82. The van der Waals surface area contributed by atoms with Gasteiger partial charge in [0.05, 0.1) is 5.56 Å². The number of aromatic nitrogens is 1. The first-order chi connectivity index (χ1) is 15.7. The number of amides is 1. The molecule has 0 spiro atoms. The Balaban J connectivity index is 1.45. The summed E-state index contributed by atoms with van der Waals surface area (Å²) in [7, 11) is 0. The number of carbonyl (C=O) groups is 1. The van der Waals surface area contributed by atoms with Crippen molar-refractivity contribution in [1.82, 2.24) is 9.47 Å². The Morgan fingerprint density at radius 3 is 2.42 bits per heavy atom. The van der Waals surface area contributed by atoms with Crippen LogP contribution in [0.2, 0.25) is 0 Å². The van der Waals surface area contributed by atoms with E-state index in [0.29, 0.717) is 25.2 Å². The van der Waals surface area contributed by atoms with Crippen molar-refractivity contribution in [3.8, 4) is 11.1 Å². The Bertz CT molecular complexity index is 1280. The van der Waals surface area contributed by atoms with Gasteiger partial charge in [-0.15, -0.1) is 0 Å². The van der Waals surface area contributed by atoms with Gasteiger partial charge in [-0.2, -0.15) is 13.2 Å². The van der Waals surface area contributed by atoms with E-state index in [1.165, 1.54) is 36.4 Å². The van der Waals surface area contributed by atoms with Gasteiger partial charge in [-0.05, 0) is 66.4 Å². The largest absolute Gasteiger partial charge is 0.416 e. The summed E-state index contributed by atoms with van der Waals surface area (Å²) >= 11 is 0. The molecular weight excluding hydrogens is 436 g/mol. The van der Waals surface area contributed by atoms with Gasteiger partial charge in [0.25, 0.3) is 11.5 Å². The zero-order chi connectivity index (χ0) is 23.3. The molecule has 1 saturated heterocycles. The van der Waals surface area contributed by atoms with Crippen LogP contribution in [-0.2, 0) is 12.7 Å². The third kappa shape index (κ3) is 3.94. The number of alkyl halides is 3. The minimum Gasteiger partial charge on any atom is -0.338 e. The van der Waals surface area contributed by atoms with E-state index in [0.717, 1.165) is 24.2 Å². The van der Waals surface area contributed by atoms with Crippen LogP contribution >= 0.6 is 0 Å². The number of benzene rings is 2. The monoisotopic (exact) mass is 456 g/mol. The van der Waals surface area contributed by atoms with E-state index < -0.39 is 17.6 Å². The second-order valence-electron chi connectivity index (χ2n) is 8.68. The molecule has 4 nitrogen and oxygen atoms in total. The number of fused-ring (bicyclic) bond motifs is 4. The highest BCUT2D eigenvalue weighted by Crippen LogP contribution is 2.37. The van der Waals surface area contributed by atoms with Crippen LogP contribution in [0, 0.1) is 11.7 Å². The quantitative estimate of drug-likeness (QED) is 0.513. The van der Waals surface area contributed by atoms with Gasteiger partial charge in [0, 0.05) is 42.4 Å². The van der Waals surface area contributed by atoms with Crippen molar-refractivity contribution in [2.24, 2.45) is 5.92 Å². The Morgan fingerprint density at radius 1 is 0.939 bits per heavy atom. The van der Waals surface area contributed by atoms with Crippen LogP contribution in [0.15, 0.2) is 65.5 Å². The van der Waals surface area contributed by atoms with Crippen LogP contribution in [0.1, 0.15) is 34.0 Å². The van der Waals surface area contributed by atoms with Crippen molar-refractivity contribution in [2.45, 2.75) is 25.1 Å². The lowest BCUT2D eigenvalue weighted by Crippen LogP contribution is -2.49. The maximum Gasteiger partial charge on any atom is 0.416 e. The summed E-state index contributed by atoms with van der Waals surface area (Å²) < 4.78 is 54.2. The molecule has 3 aromatic rings. The van der Waals surface area contributed by atoms with Gasteiger partial charge in [0.2, 0.25) is 0 Å². The molecule has 33 heavy (non-hydrogen) atoms. The molecule has 1 fully saturated rings. The first-order valence-corrected chi connectivity index (χ1v) is 10.7. The summed E-state index contributed by atoms with van der Waals surface area (Å²) in [6.45, 7) is 1.28. The van der Waals surface area contributed by atoms with Crippen LogP contribution in [0.5, 0.6) is 0 Å². The average molecular weight is 456 g/mol. The number of piperidine rings is 1. The minimum atomic E-state index is -4.49. The molecular formula is C25H20F4N2O2. The van der Waals surface area contributed by atoms with Crippen LogP contribution in [0.25, 0.3) is 11.1 Å². The third-order valence-corrected chi connectivity index (χ3v) is 6.48.